The van der Waals surface area contributed by atoms with E-state index in [9.17, 15) is 9.59 Å². The first-order valence-corrected chi connectivity index (χ1v) is 10.1. The average Bonchev–Trinajstić information content (AvgIpc) is 2.70. The van der Waals surface area contributed by atoms with E-state index in [1.165, 1.54) is 5.56 Å². The summed E-state index contributed by atoms with van der Waals surface area (Å²) in [5, 5.41) is 5.75. The molecule has 2 aromatic rings. The summed E-state index contributed by atoms with van der Waals surface area (Å²) in [7, 11) is 2.15. The van der Waals surface area contributed by atoms with Crippen LogP contribution < -0.4 is 10.6 Å². The molecule has 6 nitrogen and oxygen atoms in total. The highest BCUT2D eigenvalue weighted by atomic mass is 16.2. The van der Waals surface area contributed by atoms with Crippen LogP contribution in [0.15, 0.2) is 48.5 Å². The molecule has 154 valence electrons. The van der Waals surface area contributed by atoms with Gasteiger partial charge in [-0.25, -0.2) is 0 Å². The lowest BCUT2D eigenvalue weighted by molar-refractivity contribution is -0.116. The summed E-state index contributed by atoms with van der Waals surface area (Å²) in [5.41, 5.74) is 3.56. The zero-order valence-electron chi connectivity index (χ0n) is 17.3. The van der Waals surface area contributed by atoms with Gasteiger partial charge in [0.2, 0.25) is 5.91 Å². The minimum Gasteiger partial charge on any atom is -0.352 e. The van der Waals surface area contributed by atoms with Gasteiger partial charge in [-0.15, -0.1) is 0 Å². The number of nitrogens with one attached hydrogen (secondary N) is 2. The fourth-order valence-electron chi connectivity index (χ4n) is 3.45. The summed E-state index contributed by atoms with van der Waals surface area (Å²) in [6.07, 6.45) is 0.236. The van der Waals surface area contributed by atoms with Gasteiger partial charge >= 0.3 is 0 Å². The minimum atomic E-state index is -0.148. The number of hydrogen-bond donors (Lipinski definition) is 2. The Hall–Kier alpha value is -2.70. The molecule has 2 aromatic carbocycles. The first-order valence-electron chi connectivity index (χ1n) is 10.1. The fourth-order valence-corrected chi connectivity index (χ4v) is 3.45. The van der Waals surface area contributed by atoms with Gasteiger partial charge in [0.25, 0.3) is 5.91 Å². The Kier molecular flexibility index (Phi) is 7.38. The molecular weight excluding hydrogens is 364 g/mol. The zero-order valence-corrected chi connectivity index (χ0v) is 17.3. The van der Waals surface area contributed by atoms with E-state index in [4.69, 9.17) is 0 Å². The Labute approximate surface area is 172 Å². The maximum atomic E-state index is 12.3. The monoisotopic (exact) mass is 394 g/mol. The number of carbonyl (C=O) groups excluding carboxylic acids is 2. The van der Waals surface area contributed by atoms with E-state index in [1.54, 1.807) is 6.07 Å². The molecule has 1 saturated heterocycles. The highest BCUT2D eigenvalue weighted by molar-refractivity contribution is 5.96. The number of hydrogen-bond acceptors (Lipinski definition) is 4. The van der Waals surface area contributed by atoms with E-state index < -0.39 is 0 Å². The SMILES string of the molecule is Cc1ccccc1C(=O)NCCC(=O)Nc1cccc(CN2CCN(C)CC2)c1. The number of amides is 2. The highest BCUT2D eigenvalue weighted by Gasteiger charge is 2.14. The summed E-state index contributed by atoms with van der Waals surface area (Å²) in [6.45, 7) is 7.40. The van der Waals surface area contributed by atoms with Gasteiger partial charge in [-0.2, -0.15) is 0 Å². The van der Waals surface area contributed by atoms with Gasteiger partial charge < -0.3 is 15.5 Å². The second-order valence-corrected chi connectivity index (χ2v) is 7.65. The van der Waals surface area contributed by atoms with Crippen LogP contribution in [-0.2, 0) is 11.3 Å². The Morgan fingerprint density at radius 1 is 1.00 bits per heavy atom. The van der Waals surface area contributed by atoms with Crippen molar-refractivity contribution < 1.29 is 9.59 Å². The Morgan fingerprint density at radius 2 is 1.76 bits per heavy atom. The predicted molar refractivity (Wildman–Crippen MR) is 116 cm³/mol. The number of piperazine rings is 1. The van der Waals surface area contributed by atoms with Gasteiger partial charge in [0, 0.05) is 56.9 Å². The molecule has 1 heterocycles. The Morgan fingerprint density at radius 3 is 2.52 bits per heavy atom. The van der Waals surface area contributed by atoms with Crippen molar-refractivity contribution in [2.75, 3.05) is 45.1 Å². The van der Waals surface area contributed by atoms with Gasteiger partial charge in [-0.05, 0) is 43.3 Å². The molecule has 3 rings (SSSR count). The van der Waals surface area contributed by atoms with E-state index in [1.807, 2.05) is 43.3 Å². The summed E-state index contributed by atoms with van der Waals surface area (Å²) < 4.78 is 0. The summed E-state index contributed by atoms with van der Waals surface area (Å²) in [6, 6.07) is 15.4. The van der Waals surface area contributed by atoms with Crippen LogP contribution in [-0.4, -0.2) is 61.4 Å². The summed E-state index contributed by atoms with van der Waals surface area (Å²) in [4.78, 5) is 29.2. The van der Waals surface area contributed by atoms with Gasteiger partial charge in [0.1, 0.15) is 0 Å². The van der Waals surface area contributed by atoms with Crippen LogP contribution in [0.1, 0.15) is 27.9 Å². The van der Waals surface area contributed by atoms with Crippen molar-refractivity contribution in [3.8, 4) is 0 Å². The second kappa shape index (κ2) is 10.2. The number of aryl methyl sites for hydroxylation is 1. The van der Waals surface area contributed by atoms with Crippen LogP contribution >= 0.6 is 0 Å². The molecule has 6 heteroatoms. The van der Waals surface area contributed by atoms with E-state index in [0.29, 0.717) is 12.1 Å². The molecule has 0 aromatic heterocycles. The fraction of sp³-hybridized carbons (Fsp3) is 0.391. The van der Waals surface area contributed by atoms with Crippen molar-refractivity contribution in [3.63, 3.8) is 0 Å². The molecule has 0 aliphatic carbocycles. The van der Waals surface area contributed by atoms with Gasteiger partial charge in [0.15, 0.2) is 0 Å². The van der Waals surface area contributed by atoms with E-state index >= 15 is 0 Å². The first-order chi connectivity index (χ1) is 14.0. The van der Waals surface area contributed by atoms with Crippen LogP contribution in [0, 0.1) is 6.92 Å². The lowest BCUT2D eigenvalue weighted by Gasteiger charge is -2.32. The highest BCUT2D eigenvalue weighted by Crippen LogP contribution is 2.14. The Bertz CT molecular complexity index is 844. The smallest absolute Gasteiger partial charge is 0.251 e. The predicted octanol–water partition coefficient (Wildman–Crippen LogP) is 2.50. The standard InChI is InChI=1S/C23H30N4O2/c1-18-6-3-4-9-21(18)23(29)24-11-10-22(28)25-20-8-5-7-19(16-20)17-27-14-12-26(2)13-15-27/h3-9,16H,10-15,17H2,1-2H3,(H,24,29)(H,25,28). The molecule has 0 saturated carbocycles. The van der Waals surface area contributed by atoms with Crippen LogP contribution in [0.3, 0.4) is 0 Å². The minimum absolute atomic E-state index is 0.105. The van der Waals surface area contributed by atoms with Crippen molar-refractivity contribution in [2.45, 2.75) is 19.9 Å². The third-order valence-electron chi connectivity index (χ3n) is 5.24. The maximum absolute atomic E-state index is 12.3. The van der Waals surface area contributed by atoms with Gasteiger partial charge in [-0.1, -0.05) is 30.3 Å². The zero-order chi connectivity index (χ0) is 20.6. The Balaban J connectivity index is 1.44. The van der Waals surface area contributed by atoms with Crippen molar-refractivity contribution in [1.29, 1.82) is 0 Å². The van der Waals surface area contributed by atoms with Crippen molar-refractivity contribution >= 4 is 17.5 Å². The molecule has 1 aliphatic rings. The average molecular weight is 395 g/mol. The molecule has 29 heavy (non-hydrogen) atoms. The molecule has 0 radical (unpaired) electrons. The molecule has 0 atom stereocenters. The maximum Gasteiger partial charge on any atom is 0.251 e. The topological polar surface area (TPSA) is 64.7 Å². The summed E-state index contributed by atoms with van der Waals surface area (Å²) in [5.74, 6) is -0.253. The van der Waals surface area contributed by atoms with Crippen LogP contribution in [0.2, 0.25) is 0 Å². The first kappa shape index (κ1) is 21.0. The largest absolute Gasteiger partial charge is 0.352 e. The molecule has 1 aliphatic heterocycles. The number of nitrogens with zero attached hydrogens (tertiary/aromatic N) is 2. The van der Waals surface area contributed by atoms with Gasteiger partial charge in [0.05, 0.1) is 0 Å². The lowest BCUT2D eigenvalue weighted by atomic mass is 10.1. The normalized spacial score (nSPS) is 15.1. The third kappa shape index (κ3) is 6.41. The van der Waals surface area contributed by atoms with Crippen molar-refractivity contribution in [3.05, 3.63) is 65.2 Å². The number of likely N-dealkylation sites (N-methyl/N-ethyl adjacent to an activating group) is 1. The molecule has 0 bridgehead atoms. The molecule has 0 spiro atoms. The van der Waals surface area contributed by atoms with E-state index in [2.05, 4.69) is 33.5 Å². The molecular formula is C23H30N4O2. The molecule has 2 amide bonds. The number of benzene rings is 2. The van der Waals surface area contributed by atoms with Crippen LogP contribution in [0.5, 0.6) is 0 Å². The quantitative estimate of drug-likeness (QED) is 0.757. The number of anilines is 1. The van der Waals surface area contributed by atoms with Crippen LogP contribution in [0.25, 0.3) is 0 Å². The molecule has 2 N–H and O–H groups in total. The summed E-state index contributed by atoms with van der Waals surface area (Å²) >= 11 is 0. The molecule has 0 unspecified atom stereocenters. The second-order valence-electron chi connectivity index (χ2n) is 7.65. The number of carbonyl (C=O) groups is 2. The van der Waals surface area contributed by atoms with Crippen LogP contribution in [0.4, 0.5) is 5.69 Å². The molecule has 1 fully saturated rings. The lowest BCUT2D eigenvalue weighted by Crippen LogP contribution is -2.43. The number of rotatable bonds is 7. The van der Waals surface area contributed by atoms with Crippen molar-refractivity contribution in [1.82, 2.24) is 15.1 Å². The third-order valence-corrected chi connectivity index (χ3v) is 5.24. The van der Waals surface area contributed by atoms with Crippen molar-refractivity contribution in [2.24, 2.45) is 0 Å². The van der Waals surface area contributed by atoms with E-state index in [-0.39, 0.29) is 18.2 Å². The van der Waals surface area contributed by atoms with E-state index in [0.717, 1.165) is 44.0 Å². The van der Waals surface area contributed by atoms with Gasteiger partial charge in [-0.3, -0.25) is 14.5 Å².